The summed E-state index contributed by atoms with van der Waals surface area (Å²) in [5.41, 5.74) is 5.50. The standard InChI is InChI=1S/C20H24N4O2/c1-12-10-14-11-15(6-7-18(14)26-12)23-20(25)21-9-8-19-22-13(2)16-4-3-5-17(16)24-19/h6-7,11-12H,3-5,8-10H2,1-2H3,(H2,21,23,25)/t12-/m1/s1. The SMILES string of the molecule is Cc1nc(CCNC(=O)Nc2ccc3c(c2)C[C@@H](C)O3)nc2c1CCC2. The normalized spacial score (nSPS) is 17.4. The summed E-state index contributed by atoms with van der Waals surface area (Å²) in [6.45, 7) is 4.60. The number of nitrogens with zero attached hydrogens (tertiary/aromatic N) is 2. The first kappa shape index (κ1) is 16.8. The summed E-state index contributed by atoms with van der Waals surface area (Å²) in [5, 5.41) is 5.76. The monoisotopic (exact) mass is 352 g/mol. The van der Waals surface area contributed by atoms with Crippen LogP contribution in [0.2, 0.25) is 0 Å². The minimum absolute atomic E-state index is 0.199. The molecule has 1 aliphatic heterocycles. The van der Waals surface area contributed by atoms with E-state index in [0.717, 1.165) is 47.8 Å². The zero-order chi connectivity index (χ0) is 18.1. The average molecular weight is 352 g/mol. The van der Waals surface area contributed by atoms with Gasteiger partial charge < -0.3 is 15.4 Å². The zero-order valence-corrected chi connectivity index (χ0v) is 15.3. The van der Waals surface area contributed by atoms with E-state index in [0.29, 0.717) is 13.0 Å². The summed E-state index contributed by atoms with van der Waals surface area (Å²) in [6, 6.07) is 5.54. The maximum atomic E-state index is 12.1. The molecule has 6 heteroatoms. The van der Waals surface area contributed by atoms with Crippen LogP contribution in [-0.2, 0) is 25.7 Å². The second-order valence-corrected chi connectivity index (χ2v) is 7.09. The summed E-state index contributed by atoms with van der Waals surface area (Å²) in [4.78, 5) is 21.3. The molecule has 2 heterocycles. The van der Waals surface area contributed by atoms with Crippen molar-refractivity contribution in [3.63, 3.8) is 0 Å². The minimum Gasteiger partial charge on any atom is -0.490 e. The third-order valence-corrected chi connectivity index (χ3v) is 4.97. The van der Waals surface area contributed by atoms with Gasteiger partial charge in [-0.15, -0.1) is 0 Å². The number of nitrogens with one attached hydrogen (secondary N) is 2. The molecule has 26 heavy (non-hydrogen) atoms. The number of urea groups is 1. The molecule has 4 rings (SSSR count). The lowest BCUT2D eigenvalue weighted by Crippen LogP contribution is -2.30. The number of anilines is 1. The van der Waals surface area contributed by atoms with Crippen LogP contribution in [0.15, 0.2) is 18.2 Å². The van der Waals surface area contributed by atoms with Crippen molar-refractivity contribution in [1.29, 1.82) is 0 Å². The number of fused-ring (bicyclic) bond motifs is 2. The molecule has 1 aromatic heterocycles. The highest BCUT2D eigenvalue weighted by Crippen LogP contribution is 2.30. The van der Waals surface area contributed by atoms with Gasteiger partial charge in [0.15, 0.2) is 0 Å². The first-order valence-electron chi connectivity index (χ1n) is 9.28. The van der Waals surface area contributed by atoms with Gasteiger partial charge in [-0.2, -0.15) is 0 Å². The van der Waals surface area contributed by atoms with Crippen molar-refractivity contribution in [1.82, 2.24) is 15.3 Å². The lowest BCUT2D eigenvalue weighted by Gasteiger charge is -2.10. The molecular weight excluding hydrogens is 328 g/mol. The lowest BCUT2D eigenvalue weighted by molar-refractivity contribution is 0.252. The fraction of sp³-hybridized carbons (Fsp3) is 0.450. The first-order valence-corrected chi connectivity index (χ1v) is 9.28. The molecule has 1 aromatic carbocycles. The van der Waals surface area contributed by atoms with Gasteiger partial charge in [0.1, 0.15) is 17.7 Å². The topological polar surface area (TPSA) is 76.1 Å². The van der Waals surface area contributed by atoms with Crippen LogP contribution in [0.25, 0.3) is 0 Å². The van der Waals surface area contributed by atoms with Crippen LogP contribution in [-0.4, -0.2) is 28.6 Å². The third-order valence-electron chi connectivity index (χ3n) is 4.97. The Morgan fingerprint density at radius 1 is 1.31 bits per heavy atom. The number of ether oxygens (including phenoxy) is 1. The molecule has 2 N–H and O–H groups in total. The van der Waals surface area contributed by atoms with Crippen LogP contribution in [0.5, 0.6) is 5.75 Å². The second-order valence-electron chi connectivity index (χ2n) is 7.09. The van der Waals surface area contributed by atoms with Gasteiger partial charge in [-0.05, 0) is 62.4 Å². The van der Waals surface area contributed by atoms with Crippen molar-refractivity contribution >= 4 is 11.7 Å². The number of rotatable bonds is 4. The molecule has 0 saturated heterocycles. The Balaban J connectivity index is 1.30. The quantitative estimate of drug-likeness (QED) is 0.887. The van der Waals surface area contributed by atoms with Crippen molar-refractivity contribution in [2.75, 3.05) is 11.9 Å². The van der Waals surface area contributed by atoms with E-state index in [2.05, 4.69) is 20.6 Å². The van der Waals surface area contributed by atoms with E-state index >= 15 is 0 Å². The van der Waals surface area contributed by atoms with Gasteiger partial charge in [0.25, 0.3) is 0 Å². The van der Waals surface area contributed by atoms with E-state index in [4.69, 9.17) is 4.74 Å². The van der Waals surface area contributed by atoms with E-state index in [-0.39, 0.29) is 12.1 Å². The summed E-state index contributed by atoms with van der Waals surface area (Å²) in [5.74, 6) is 1.72. The predicted molar refractivity (Wildman–Crippen MR) is 99.8 cm³/mol. The summed E-state index contributed by atoms with van der Waals surface area (Å²) in [7, 11) is 0. The largest absolute Gasteiger partial charge is 0.490 e. The zero-order valence-electron chi connectivity index (χ0n) is 15.3. The van der Waals surface area contributed by atoms with Crippen molar-refractivity contribution in [3.05, 3.63) is 46.5 Å². The molecule has 136 valence electrons. The van der Waals surface area contributed by atoms with Gasteiger partial charge in [0.05, 0.1) is 0 Å². The number of benzene rings is 1. The van der Waals surface area contributed by atoms with E-state index < -0.39 is 0 Å². The highest BCUT2D eigenvalue weighted by atomic mass is 16.5. The van der Waals surface area contributed by atoms with Gasteiger partial charge in [-0.1, -0.05) is 0 Å². The molecule has 2 aromatic rings. The fourth-order valence-corrected chi connectivity index (χ4v) is 3.76. The predicted octanol–water partition coefficient (Wildman–Crippen LogP) is 2.96. The molecule has 1 aliphatic carbocycles. The Morgan fingerprint density at radius 3 is 3.08 bits per heavy atom. The van der Waals surface area contributed by atoms with Crippen LogP contribution in [0.3, 0.4) is 0 Å². The smallest absolute Gasteiger partial charge is 0.319 e. The number of amides is 2. The molecule has 2 amide bonds. The van der Waals surface area contributed by atoms with Crippen molar-refractivity contribution in [2.24, 2.45) is 0 Å². The fourth-order valence-electron chi connectivity index (χ4n) is 3.76. The molecule has 2 aliphatic rings. The van der Waals surface area contributed by atoms with Crippen molar-refractivity contribution < 1.29 is 9.53 Å². The third kappa shape index (κ3) is 3.49. The van der Waals surface area contributed by atoms with E-state index in [9.17, 15) is 4.79 Å². The molecule has 0 radical (unpaired) electrons. The van der Waals surface area contributed by atoms with E-state index in [1.54, 1.807) is 0 Å². The van der Waals surface area contributed by atoms with Crippen LogP contribution in [0.1, 0.15) is 41.7 Å². The van der Waals surface area contributed by atoms with E-state index in [1.807, 2.05) is 32.0 Å². The second kappa shape index (κ2) is 6.94. The van der Waals surface area contributed by atoms with Crippen LogP contribution < -0.4 is 15.4 Å². The summed E-state index contributed by atoms with van der Waals surface area (Å²) >= 11 is 0. The summed E-state index contributed by atoms with van der Waals surface area (Å²) in [6.07, 6.45) is 5.01. The number of aromatic nitrogens is 2. The Labute approximate surface area is 153 Å². The molecule has 0 saturated carbocycles. The summed E-state index contributed by atoms with van der Waals surface area (Å²) < 4.78 is 5.68. The van der Waals surface area contributed by atoms with E-state index in [1.165, 1.54) is 17.7 Å². The molecule has 0 bridgehead atoms. The molecule has 6 nitrogen and oxygen atoms in total. The number of hydrogen-bond donors (Lipinski definition) is 2. The van der Waals surface area contributed by atoms with Gasteiger partial charge >= 0.3 is 6.03 Å². The van der Waals surface area contributed by atoms with Crippen LogP contribution >= 0.6 is 0 Å². The Kier molecular flexibility index (Phi) is 4.49. The highest BCUT2D eigenvalue weighted by Gasteiger charge is 2.19. The Bertz CT molecular complexity index is 850. The Hall–Kier alpha value is -2.63. The number of hydrogen-bond acceptors (Lipinski definition) is 4. The number of carbonyl (C=O) groups excluding carboxylic acids is 1. The van der Waals surface area contributed by atoms with Gasteiger partial charge in [0.2, 0.25) is 0 Å². The first-order chi connectivity index (χ1) is 12.6. The molecule has 0 spiro atoms. The van der Waals surface area contributed by atoms with Crippen molar-refractivity contribution in [3.8, 4) is 5.75 Å². The van der Waals surface area contributed by atoms with Gasteiger partial charge in [0, 0.05) is 36.5 Å². The molecule has 1 atom stereocenters. The highest BCUT2D eigenvalue weighted by molar-refractivity contribution is 5.89. The number of carbonyl (C=O) groups is 1. The van der Waals surface area contributed by atoms with Gasteiger partial charge in [-0.25, -0.2) is 14.8 Å². The van der Waals surface area contributed by atoms with Crippen LogP contribution in [0.4, 0.5) is 10.5 Å². The minimum atomic E-state index is -0.213. The molecular formula is C20H24N4O2. The number of aryl methyl sites for hydroxylation is 2. The molecule has 0 unspecified atom stereocenters. The van der Waals surface area contributed by atoms with Gasteiger partial charge in [-0.3, -0.25) is 0 Å². The maximum absolute atomic E-state index is 12.1. The maximum Gasteiger partial charge on any atom is 0.319 e. The lowest BCUT2D eigenvalue weighted by atomic mass is 10.1. The molecule has 0 fully saturated rings. The van der Waals surface area contributed by atoms with Crippen LogP contribution in [0, 0.1) is 6.92 Å². The Morgan fingerprint density at radius 2 is 2.19 bits per heavy atom. The average Bonchev–Trinajstić information content (AvgIpc) is 3.20. The van der Waals surface area contributed by atoms with Crippen molar-refractivity contribution in [2.45, 2.75) is 52.1 Å².